The van der Waals surface area contributed by atoms with Gasteiger partial charge in [0.1, 0.15) is 11.3 Å². The molecule has 1 aliphatic rings. The molecule has 0 unspecified atom stereocenters. The summed E-state index contributed by atoms with van der Waals surface area (Å²) >= 11 is 0. The molecule has 1 aliphatic carbocycles. The quantitative estimate of drug-likeness (QED) is 0.900. The fourth-order valence-electron chi connectivity index (χ4n) is 2.18. The van der Waals surface area contributed by atoms with E-state index in [0.717, 1.165) is 17.0 Å². The highest BCUT2D eigenvalue weighted by molar-refractivity contribution is 5.81. The zero-order valence-corrected chi connectivity index (χ0v) is 12.0. The van der Waals surface area contributed by atoms with E-state index in [1.165, 1.54) is 12.8 Å². The minimum atomic E-state index is 0.146. The maximum atomic E-state index is 6.02. The van der Waals surface area contributed by atoms with Crippen LogP contribution >= 0.6 is 0 Å². The molecule has 0 radical (unpaired) electrons. The standard InChI is InChI=1S/C14H21N5/c1-8(14(2,3)4)19-7-16-10-11(15)17-12(9-5-6-9)18-13(10)19/h7-9H,5-6H2,1-4H3,(H2,15,17,18)/t8-/m1/s1. The third kappa shape index (κ3) is 2.07. The minimum absolute atomic E-state index is 0.146. The third-order valence-corrected chi connectivity index (χ3v) is 4.08. The summed E-state index contributed by atoms with van der Waals surface area (Å²) in [6.07, 6.45) is 4.18. The summed E-state index contributed by atoms with van der Waals surface area (Å²) in [5, 5.41) is 0. The number of imidazole rings is 1. The van der Waals surface area contributed by atoms with Crippen LogP contribution in [0, 0.1) is 5.41 Å². The zero-order valence-electron chi connectivity index (χ0n) is 12.0. The summed E-state index contributed by atoms with van der Waals surface area (Å²) in [7, 11) is 0. The van der Waals surface area contributed by atoms with E-state index in [9.17, 15) is 0 Å². The van der Waals surface area contributed by atoms with Crippen molar-refractivity contribution in [3.8, 4) is 0 Å². The molecule has 1 saturated carbocycles. The van der Waals surface area contributed by atoms with Gasteiger partial charge < -0.3 is 10.3 Å². The molecule has 0 amide bonds. The summed E-state index contributed by atoms with van der Waals surface area (Å²) in [6, 6.07) is 0.304. The normalized spacial score (nSPS) is 17.9. The average molecular weight is 259 g/mol. The Morgan fingerprint density at radius 2 is 2.00 bits per heavy atom. The van der Waals surface area contributed by atoms with E-state index >= 15 is 0 Å². The summed E-state index contributed by atoms with van der Waals surface area (Å²) in [4.78, 5) is 13.5. The van der Waals surface area contributed by atoms with Crippen molar-refractivity contribution in [2.75, 3.05) is 5.73 Å². The number of anilines is 1. The van der Waals surface area contributed by atoms with Crippen molar-refractivity contribution in [1.82, 2.24) is 19.5 Å². The molecule has 0 aromatic carbocycles. The van der Waals surface area contributed by atoms with E-state index < -0.39 is 0 Å². The van der Waals surface area contributed by atoms with Crippen LogP contribution in [0.1, 0.15) is 58.3 Å². The maximum Gasteiger partial charge on any atom is 0.166 e. The van der Waals surface area contributed by atoms with E-state index in [-0.39, 0.29) is 5.41 Å². The fourth-order valence-corrected chi connectivity index (χ4v) is 2.18. The van der Waals surface area contributed by atoms with Crippen LogP contribution in [0.4, 0.5) is 5.82 Å². The van der Waals surface area contributed by atoms with Gasteiger partial charge in [0.25, 0.3) is 0 Å². The maximum absolute atomic E-state index is 6.02. The molecule has 2 N–H and O–H groups in total. The zero-order chi connectivity index (χ0) is 13.8. The van der Waals surface area contributed by atoms with Gasteiger partial charge in [-0.05, 0) is 25.2 Å². The van der Waals surface area contributed by atoms with E-state index in [1.807, 2.05) is 6.33 Å². The second-order valence-electron chi connectivity index (χ2n) is 6.61. The van der Waals surface area contributed by atoms with Crippen molar-refractivity contribution in [3.05, 3.63) is 12.2 Å². The lowest BCUT2D eigenvalue weighted by molar-refractivity contribution is 0.266. The van der Waals surface area contributed by atoms with E-state index in [1.54, 1.807) is 0 Å². The van der Waals surface area contributed by atoms with Crippen LogP contribution in [0.15, 0.2) is 6.33 Å². The first kappa shape index (κ1) is 12.4. The summed E-state index contributed by atoms with van der Waals surface area (Å²) < 4.78 is 2.12. The topological polar surface area (TPSA) is 69.6 Å². The van der Waals surface area contributed by atoms with Crippen LogP contribution in [0.3, 0.4) is 0 Å². The van der Waals surface area contributed by atoms with Gasteiger partial charge in [0.2, 0.25) is 0 Å². The largest absolute Gasteiger partial charge is 0.382 e. The SMILES string of the molecule is C[C@@H](n1cnc2c(N)nc(C3CC3)nc21)C(C)(C)C. The molecule has 5 nitrogen and oxygen atoms in total. The van der Waals surface area contributed by atoms with Crippen LogP contribution in [0.2, 0.25) is 0 Å². The van der Waals surface area contributed by atoms with Crippen LogP contribution in [-0.4, -0.2) is 19.5 Å². The number of hydrogen-bond donors (Lipinski definition) is 1. The summed E-state index contributed by atoms with van der Waals surface area (Å²) in [5.41, 5.74) is 7.76. The van der Waals surface area contributed by atoms with Crippen LogP contribution in [0.5, 0.6) is 0 Å². The van der Waals surface area contributed by atoms with Gasteiger partial charge in [0, 0.05) is 12.0 Å². The van der Waals surface area contributed by atoms with Crippen LogP contribution in [0.25, 0.3) is 11.2 Å². The molecular weight excluding hydrogens is 238 g/mol. The van der Waals surface area contributed by atoms with E-state index in [4.69, 9.17) is 10.7 Å². The van der Waals surface area contributed by atoms with Crippen molar-refractivity contribution in [1.29, 1.82) is 0 Å². The Bertz CT molecular complexity index is 619. The smallest absolute Gasteiger partial charge is 0.166 e. The van der Waals surface area contributed by atoms with Crippen molar-refractivity contribution in [3.63, 3.8) is 0 Å². The highest BCUT2D eigenvalue weighted by atomic mass is 15.2. The highest BCUT2D eigenvalue weighted by Gasteiger charge is 2.29. The molecule has 0 aliphatic heterocycles. The molecule has 3 rings (SSSR count). The minimum Gasteiger partial charge on any atom is -0.382 e. The first-order chi connectivity index (χ1) is 8.88. The summed E-state index contributed by atoms with van der Waals surface area (Å²) in [5.74, 6) is 1.89. The molecule has 2 aromatic heterocycles. The Morgan fingerprint density at radius 1 is 1.32 bits per heavy atom. The Morgan fingerprint density at radius 3 is 2.58 bits per heavy atom. The molecule has 0 bridgehead atoms. The van der Waals surface area contributed by atoms with Crippen molar-refractivity contribution < 1.29 is 0 Å². The molecular formula is C14H21N5. The van der Waals surface area contributed by atoms with Gasteiger partial charge in [-0.2, -0.15) is 0 Å². The second-order valence-corrected chi connectivity index (χ2v) is 6.61. The second kappa shape index (κ2) is 3.92. The van der Waals surface area contributed by atoms with Crippen molar-refractivity contribution in [2.45, 2.75) is 52.5 Å². The Labute approximate surface area is 113 Å². The third-order valence-electron chi connectivity index (χ3n) is 4.08. The predicted octanol–water partition coefficient (Wildman–Crippen LogP) is 2.89. The number of nitrogens with zero attached hydrogens (tertiary/aromatic N) is 4. The molecule has 19 heavy (non-hydrogen) atoms. The lowest BCUT2D eigenvalue weighted by atomic mass is 9.88. The monoisotopic (exact) mass is 259 g/mol. The van der Waals surface area contributed by atoms with Crippen molar-refractivity contribution in [2.24, 2.45) is 5.41 Å². The molecule has 0 saturated heterocycles. The van der Waals surface area contributed by atoms with Gasteiger partial charge in [-0.15, -0.1) is 0 Å². The van der Waals surface area contributed by atoms with Crippen molar-refractivity contribution >= 4 is 17.0 Å². The highest BCUT2D eigenvalue weighted by Crippen LogP contribution is 2.39. The average Bonchev–Trinajstić information content (AvgIpc) is 3.07. The lowest BCUT2D eigenvalue weighted by Gasteiger charge is -2.28. The van der Waals surface area contributed by atoms with Crippen LogP contribution in [-0.2, 0) is 0 Å². The molecule has 1 atom stereocenters. The fraction of sp³-hybridized carbons (Fsp3) is 0.643. The Kier molecular flexibility index (Phi) is 2.56. The number of nitrogens with two attached hydrogens (primary N) is 1. The van der Waals surface area contributed by atoms with E-state index in [0.29, 0.717) is 17.8 Å². The van der Waals surface area contributed by atoms with Gasteiger partial charge in [-0.1, -0.05) is 20.8 Å². The molecule has 2 aromatic rings. The number of rotatable bonds is 2. The van der Waals surface area contributed by atoms with Gasteiger partial charge in [0.05, 0.1) is 6.33 Å². The molecule has 5 heteroatoms. The molecule has 0 spiro atoms. The Balaban J connectivity index is 2.15. The number of fused-ring (bicyclic) bond motifs is 1. The van der Waals surface area contributed by atoms with Gasteiger partial charge >= 0.3 is 0 Å². The van der Waals surface area contributed by atoms with Gasteiger partial charge in [-0.3, -0.25) is 0 Å². The first-order valence-electron chi connectivity index (χ1n) is 6.88. The Hall–Kier alpha value is -1.65. The number of hydrogen-bond acceptors (Lipinski definition) is 4. The number of aromatic nitrogens is 4. The van der Waals surface area contributed by atoms with E-state index in [2.05, 4.69) is 42.2 Å². The summed E-state index contributed by atoms with van der Waals surface area (Å²) in [6.45, 7) is 8.85. The van der Waals surface area contributed by atoms with Crippen LogP contribution < -0.4 is 5.73 Å². The lowest BCUT2D eigenvalue weighted by Crippen LogP contribution is -2.21. The van der Waals surface area contributed by atoms with Gasteiger partial charge in [-0.25, -0.2) is 15.0 Å². The number of nitrogen functional groups attached to an aromatic ring is 1. The molecule has 102 valence electrons. The first-order valence-corrected chi connectivity index (χ1v) is 6.88. The van der Waals surface area contributed by atoms with Gasteiger partial charge in [0.15, 0.2) is 11.5 Å². The predicted molar refractivity (Wildman–Crippen MR) is 75.9 cm³/mol. The molecule has 2 heterocycles. The molecule has 1 fully saturated rings.